The van der Waals surface area contributed by atoms with Crippen molar-refractivity contribution in [2.75, 3.05) is 4.90 Å². The van der Waals surface area contributed by atoms with E-state index < -0.39 is 0 Å². The van der Waals surface area contributed by atoms with Gasteiger partial charge in [0, 0.05) is 57.2 Å². The van der Waals surface area contributed by atoms with Crippen LogP contribution in [0.2, 0.25) is 0 Å². The van der Waals surface area contributed by atoms with E-state index in [9.17, 15) is 0 Å². The molecule has 4 heteroatoms. The number of hydrogen-bond acceptors (Lipinski definition) is 3. The van der Waals surface area contributed by atoms with E-state index in [2.05, 4.69) is 148 Å². The van der Waals surface area contributed by atoms with Gasteiger partial charge in [-0.25, -0.2) is 4.98 Å². The van der Waals surface area contributed by atoms with Crippen molar-refractivity contribution in [3.8, 4) is 16.9 Å². The SMILES string of the molecule is c1ccc(N(c2ccccc2)c2ccc(-c3ccc4c(c3)c3ccccc3n4-c3cc4cnccc4cn3)cc2)cc1. The van der Waals surface area contributed by atoms with Gasteiger partial charge in [-0.3, -0.25) is 9.55 Å². The van der Waals surface area contributed by atoms with E-state index in [1.54, 1.807) is 6.20 Å². The Hall–Kier alpha value is -5.74. The number of anilines is 3. The number of fused-ring (bicyclic) bond motifs is 4. The highest BCUT2D eigenvalue weighted by Crippen LogP contribution is 2.37. The molecule has 5 aromatic carbocycles. The molecule has 0 aliphatic heterocycles. The summed E-state index contributed by atoms with van der Waals surface area (Å²) in [7, 11) is 0. The second-order valence-corrected chi connectivity index (χ2v) is 10.4. The number of para-hydroxylation sites is 3. The fraction of sp³-hybridized carbons (Fsp3) is 0. The molecule has 0 saturated carbocycles. The molecule has 0 spiro atoms. The molecule has 0 saturated heterocycles. The van der Waals surface area contributed by atoms with E-state index in [0.717, 1.165) is 44.7 Å². The van der Waals surface area contributed by atoms with Crippen molar-refractivity contribution in [2.45, 2.75) is 0 Å². The molecule has 0 fully saturated rings. The third-order valence-corrected chi connectivity index (χ3v) is 7.90. The number of rotatable bonds is 5. The topological polar surface area (TPSA) is 34.0 Å². The zero-order valence-corrected chi connectivity index (χ0v) is 22.8. The molecule has 3 aromatic heterocycles. The van der Waals surface area contributed by atoms with Crippen molar-refractivity contribution < 1.29 is 0 Å². The molecule has 0 amide bonds. The average molecular weight is 539 g/mol. The molecule has 0 bridgehead atoms. The van der Waals surface area contributed by atoms with E-state index in [1.165, 1.54) is 21.9 Å². The molecule has 4 nitrogen and oxygen atoms in total. The number of pyridine rings is 2. The maximum atomic E-state index is 4.84. The lowest BCUT2D eigenvalue weighted by Gasteiger charge is -2.25. The van der Waals surface area contributed by atoms with Gasteiger partial charge in [-0.05, 0) is 77.9 Å². The van der Waals surface area contributed by atoms with Crippen molar-refractivity contribution in [1.82, 2.24) is 14.5 Å². The Labute approximate surface area is 243 Å². The summed E-state index contributed by atoms with van der Waals surface area (Å²) in [5, 5.41) is 4.57. The highest BCUT2D eigenvalue weighted by atomic mass is 15.1. The van der Waals surface area contributed by atoms with Gasteiger partial charge in [0.2, 0.25) is 0 Å². The van der Waals surface area contributed by atoms with Gasteiger partial charge < -0.3 is 4.90 Å². The number of nitrogens with zero attached hydrogens (tertiary/aromatic N) is 4. The summed E-state index contributed by atoms with van der Waals surface area (Å²) in [5.74, 6) is 0.890. The second kappa shape index (κ2) is 10.0. The van der Waals surface area contributed by atoms with Crippen molar-refractivity contribution in [1.29, 1.82) is 0 Å². The molecule has 0 N–H and O–H groups in total. The first-order valence-corrected chi connectivity index (χ1v) is 14.1. The molecule has 8 rings (SSSR count). The average Bonchev–Trinajstić information content (AvgIpc) is 3.40. The zero-order chi connectivity index (χ0) is 27.9. The van der Waals surface area contributed by atoms with Crippen LogP contribution in [0.5, 0.6) is 0 Å². The van der Waals surface area contributed by atoms with E-state index in [4.69, 9.17) is 4.98 Å². The summed E-state index contributed by atoms with van der Waals surface area (Å²) in [4.78, 5) is 11.4. The fourth-order valence-corrected chi connectivity index (χ4v) is 5.89. The first-order chi connectivity index (χ1) is 20.8. The minimum absolute atomic E-state index is 0.890. The van der Waals surface area contributed by atoms with Crippen LogP contribution in [0.1, 0.15) is 0 Å². The van der Waals surface area contributed by atoms with Crippen LogP contribution in [0.15, 0.2) is 158 Å². The molecular formula is C38H26N4. The van der Waals surface area contributed by atoms with Crippen LogP contribution in [0, 0.1) is 0 Å². The van der Waals surface area contributed by atoms with E-state index >= 15 is 0 Å². The first-order valence-electron chi connectivity index (χ1n) is 14.1. The minimum Gasteiger partial charge on any atom is -0.311 e. The van der Waals surface area contributed by atoms with Gasteiger partial charge in [0.05, 0.1) is 11.0 Å². The van der Waals surface area contributed by atoms with Gasteiger partial charge in [0.15, 0.2) is 0 Å². The summed E-state index contributed by atoms with van der Waals surface area (Å²) < 4.78 is 2.25. The van der Waals surface area contributed by atoms with Crippen LogP contribution in [0.3, 0.4) is 0 Å². The van der Waals surface area contributed by atoms with Crippen LogP contribution in [-0.4, -0.2) is 14.5 Å². The number of hydrogen-bond donors (Lipinski definition) is 0. The zero-order valence-electron chi connectivity index (χ0n) is 22.8. The molecular weight excluding hydrogens is 512 g/mol. The smallest absolute Gasteiger partial charge is 0.138 e. The van der Waals surface area contributed by atoms with Gasteiger partial charge in [-0.1, -0.05) is 72.8 Å². The summed E-state index contributed by atoms with van der Waals surface area (Å²) in [6.45, 7) is 0. The molecule has 0 atom stereocenters. The molecule has 42 heavy (non-hydrogen) atoms. The minimum atomic E-state index is 0.890. The normalized spacial score (nSPS) is 11.3. The predicted molar refractivity (Wildman–Crippen MR) is 174 cm³/mol. The summed E-state index contributed by atoms with van der Waals surface area (Å²) >= 11 is 0. The highest BCUT2D eigenvalue weighted by molar-refractivity contribution is 6.10. The summed E-state index contributed by atoms with van der Waals surface area (Å²) in [6, 6.07) is 49.2. The molecule has 198 valence electrons. The van der Waals surface area contributed by atoms with Gasteiger partial charge in [-0.15, -0.1) is 0 Å². The van der Waals surface area contributed by atoms with Crippen LogP contribution in [-0.2, 0) is 0 Å². The second-order valence-electron chi connectivity index (χ2n) is 10.4. The van der Waals surface area contributed by atoms with Gasteiger partial charge in [0.25, 0.3) is 0 Å². The summed E-state index contributed by atoms with van der Waals surface area (Å²) in [6.07, 6.45) is 5.63. The third kappa shape index (κ3) is 4.09. The lowest BCUT2D eigenvalue weighted by Crippen LogP contribution is -2.09. The lowest BCUT2D eigenvalue weighted by molar-refractivity contribution is 1.09. The largest absolute Gasteiger partial charge is 0.311 e. The van der Waals surface area contributed by atoms with E-state index in [-0.39, 0.29) is 0 Å². The Balaban J connectivity index is 1.23. The monoisotopic (exact) mass is 538 g/mol. The van der Waals surface area contributed by atoms with Crippen LogP contribution in [0.4, 0.5) is 17.1 Å². The lowest BCUT2D eigenvalue weighted by atomic mass is 10.0. The van der Waals surface area contributed by atoms with Gasteiger partial charge in [0.1, 0.15) is 5.82 Å². The fourth-order valence-electron chi connectivity index (χ4n) is 5.89. The standard InChI is InChI=1S/C38H26N4/c1-3-9-31(10-4-1)41(32-11-5-2-6-12-32)33-18-15-27(16-19-33)28-17-20-37-35(23-28)34-13-7-8-14-36(34)42(37)38-24-30-25-39-22-21-29(30)26-40-38/h1-26H. The Morgan fingerprint density at radius 1 is 0.476 bits per heavy atom. The Kier molecular flexibility index (Phi) is 5.75. The van der Waals surface area contributed by atoms with Gasteiger partial charge in [-0.2, -0.15) is 0 Å². The maximum absolute atomic E-state index is 4.84. The van der Waals surface area contributed by atoms with Crippen molar-refractivity contribution >= 4 is 49.6 Å². The maximum Gasteiger partial charge on any atom is 0.138 e. The number of benzene rings is 5. The molecule has 8 aromatic rings. The van der Waals surface area contributed by atoms with Crippen LogP contribution >= 0.6 is 0 Å². The summed E-state index contributed by atoms with van der Waals surface area (Å²) in [5.41, 5.74) is 7.99. The predicted octanol–water partition coefficient (Wildman–Crippen LogP) is 9.86. The van der Waals surface area contributed by atoms with Crippen LogP contribution in [0.25, 0.3) is 49.5 Å². The molecule has 0 radical (unpaired) electrons. The molecule has 3 heterocycles. The van der Waals surface area contributed by atoms with E-state index in [1.807, 2.05) is 18.5 Å². The Bertz CT molecular complexity index is 2140. The third-order valence-electron chi connectivity index (χ3n) is 7.90. The molecule has 0 unspecified atom stereocenters. The molecule has 0 aliphatic carbocycles. The van der Waals surface area contributed by atoms with E-state index in [0.29, 0.717) is 0 Å². The molecule has 0 aliphatic rings. The van der Waals surface area contributed by atoms with Crippen molar-refractivity contribution in [2.24, 2.45) is 0 Å². The Morgan fingerprint density at radius 2 is 1.12 bits per heavy atom. The first kappa shape index (κ1) is 24.1. The van der Waals surface area contributed by atoms with Gasteiger partial charge >= 0.3 is 0 Å². The van der Waals surface area contributed by atoms with Crippen LogP contribution < -0.4 is 4.90 Å². The van der Waals surface area contributed by atoms with Crippen molar-refractivity contribution in [3.63, 3.8) is 0 Å². The quantitative estimate of drug-likeness (QED) is 0.219. The number of aromatic nitrogens is 3. The Morgan fingerprint density at radius 3 is 1.88 bits per heavy atom. The highest BCUT2D eigenvalue weighted by Gasteiger charge is 2.15. The van der Waals surface area contributed by atoms with Crippen molar-refractivity contribution in [3.05, 3.63) is 158 Å².